The fourth-order valence-corrected chi connectivity index (χ4v) is 2.08. The van der Waals surface area contributed by atoms with E-state index in [1.807, 2.05) is 14.0 Å². The molecule has 0 spiro atoms. The van der Waals surface area contributed by atoms with Crippen LogP contribution in [0.3, 0.4) is 0 Å². The first-order valence-electron chi connectivity index (χ1n) is 5.81. The summed E-state index contributed by atoms with van der Waals surface area (Å²) in [5.74, 6) is 0. The predicted octanol–water partition coefficient (Wildman–Crippen LogP) is 1.33. The van der Waals surface area contributed by atoms with Crippen molar-refractivity contribution in [3.63, 3.8) is 0 Å². The lowest BCUT2D eigenvalue weighted by molar-refractivity contribution is 0.194. The molecule has 0 fully saturated rings. The zero-order chi connectivity index (χ0) is 13.3. The van der Waals surface area contributed by atoms with Crippen molar-refractivity contribution in [2.24, 2.45) is 7.05 Å². The lowest BCUT2D eigenvalue weighted by Gasteiger charge is -2.02. The summed E-state index contributed by atoms with van der Waals surface area (Å²) in [6, 6.07) is 0. The normalized spacial score (nSPS) is 12.9. The lowest BCUT2D eigenvalue weighted by Crippen LogP contribution is -2.06. The molecule has 6 nitrogen and oxygen atoms in total. The second-order valence-corrected chi connectivity index (χ2v) is 4.58. The number of aryl methyl sites for hydroxylation is 2. The van der Waals surface area contributed by atoms with Crippen LogP contribution in [-0.4, -0.2) is 29.9 Å². The van der Waals surface area contributed by atoms with Gasteiger partial charge in [0.25, 0.3) is 0 Å². The average Bonchev–Trinajstić information content (AvgIpc) is 2.89. The SMILES string of the molecule is CCc1nn(C)c(Cn2cc(C(C)O)nn2)c1Cl. The van der Waals surface area contributed by atoms with Gasteiger partial charge >= 0.3 is 0 Å². The summed E-state index contributed by atoms with van der Waals surface area (Å²) in [4.78, 5) is 0. The molecular weight excluding hydrogens is 254 g/mol. The molecule has 0 aliphatic heterocycles. The van der Waals surface area contributed by atoms with E-state index in [4.69, 9.17) is 11.6 Å². The number of aliphatic hydroxyl groups excluding tert-OH is 1. The second-order valence-electron chi connectivity index (χ2n) is 4.20. The van der Waals surface area contributed by atoms with Crippen molar-refractivity contribution in [2.45, 2.75) is 32.9 Å². The molecule has 0 aliphatic rings. The van der Waals surface area contributed by atoms with Gasteiger partial charge in [0.15, 0.2) is 0 Å². The smallest absolute Gasteiger partial charge is 0.111 e. The van der Waals surface area contributed by atoms with Gasteiger partial charge in [-0.25, -0.2) is 4.68 Å². The predicted molar refractivity (Wildman–Crippen MR) is 67.4 cm³/mol. The Hall–Kier alpha value is -1.40. The Labute approximate surface area is 110 Å². The molecule has 0 aromatic carbocycles. The minimum Gasteiger partial charge on any atom is -0.387 e. The molecule has 1 N–H and O–H groups in total. The highest BCUT2D eigenvalue weighted by Crippen LogP contribution is 2.21. The van der Waals surface area contributed by atoms with Gasteiger partial charge in [0.1, 0.15) is 5.69 Å². The zero-order valence-corrected chi connectivity index (χ0v) is 11.4. The van der Waals surface area contributed by atoms with E-state index in [9.17, 15) is 5.11 Å². The summed E-state index contributed by atoms with van der Waals surface area (Å²) >= 11 is 6.25. The molecule has 0 amide bonds. The van der Waals surface area contributed by atoms with Crippen molar-refractivity contribution in [3.8, 4) is 0 Å². The number of aromatic nitrogens is 5. The van der Waals surface area contributed by atoms with E-state index in [-0.39, 0.29) is 0 Å². The standard InChI is InChI=1S/C11H16ClN5O/c1-4-8-11(12)10(16(3)14-8)6-17-5-9(7(2)18)13-15-17/h5,7,18H,4,6H2,1-3H3. The summed E-state index contributed by atoms with van der Waals surface area (Å²) in [6.45, 7) is 4.15. The molecule has 98 valence electrons. The van der Waals surface area contributed by atoms with Crippen LogP contribution in [0.4, 0.5) is 0 Å². The van der Waals surface area contributed by atoms with Crippen molar-refractivity contribution in [3.05, 3.63) is 28.3 Å². The summed E-state index contributed by atoms with van der Waals surface area (Å²) in [7, 11) is 1.85. The highest BCUT2D eigenvalue weighted by molar-refractivity contribution is 6.31. The largest absolute Gasteiger partial charge is 0.387 e. The van der Waals surface area contributed by atoms with Gasteiger partial charge in [-0.15, -0.1) is 5.10 Å². The molecule has 0 radical (unpaired) electrons. The Morgan fingerprint density at radius 2 is 2.22 bits per heavy atom. The highest BCUT2D eigenvalue weighted by atomic mass is 35.5. The number of hydrogen-bond donors (Lipinski definition) is 1. The van der Waals surface area contributed by atoms with E-state index >= 15 is 0 Å². The van der Waals surface area contributed by atoms with E-state index in [0.29, 0.717) is 17.3 Å². The third-order valence-corrected chi connectivity index (χ3v) is 3.24. The Bertz CT molecular complexity index is 546. The monoisotopic (exact) mass is 269 g/mol. The van der Waals surface area contributed by atoms with Gasteiger partial charge in [-0.2, -0.15) is 5.10 Å². The molecule has 7 heteroatoms. The maximum Gasteiger partial charge on any atom is 0.111 e. The van der Waals surface area contributed by atoms with Gasteiger partial charge < -0.3 is 5.11 Å². The molecular formula is C11H16ClN5O. The van der Waals surface area contributed by atoms with Crippen LogP contribution in [0.25, 0.3) is 0 Å². The molecule has 2 aromatic rings. The number of aliphatic hydroxyl groups is 1. The minimum atomic E-state index is -0.619. The van der Waals surface area contributed by atoms with E-state index in [1.54, 1.807) is 22.5 Å². The van der Waals surface area contributed by atoms with Crippen molar-refractivity contribution in [1.29, 1.82) is 0 Å². The molecule has 18 heavy (non-hydrogen) atoms. The molecule has 0 saturated heterocycles. The van der Waals surface area contributed by atoms with Gasteiger partial charge in [0.05, 0.1) is 35.3 Å². The Morgan fingerprint density at radius 3 is 2.72 bits per heavy atom. The molecule has 1 unspecified atom stereocenters. The van der Waals surface area contributed by atoms with Crippen LogP contribution in [0.1, 0.15) is 37.0 Å². The topological polar surface area (TPSA) is 68.8 Å². The molecule has 2 heterocycles. The van der Waals surface area contributed by atoms with E-state index in [2.05, 4.69) is 15.4 Å². The molecule has 1 atom stereocenters. The maximum absolute atomic E-state index is 9.40. The zero-order valence-electron chi connectivity index (χ0n) is 10.6. The number of rotatable bonds is 4. The minimum absolute atomic E-state index is 0.488. The third kappa shape index (κ3) is 2.39. The molecule has 2 aromatic heterocycles. The first kappa shape index (κ1) is 13.0. The van der Waals surface area contributed by atoms with Gasteiger partial charge in [-0.1, -0.05) is 23.7 Å². The molecule has 0 bridgehead atoms. The Balaban J connectivity index is 2.25. The lowest BCUT2D eigenvalue weighted by atomic mass is 10.3. The van der Waals surface area contributed by atoms with Crippen LogP contribution in [0.15, 0.2) is 6.20 Å². The first-order chi connectivity index (χ1) is 8.52. The maximum atomic E-state index is 9.40. The number of hydrogen-bond acceptors (Lipinski definition) is 4. The summed E-state index contributed by atoms with van der Waals surface area (Å²) in [5.41, 5.74) is 2.31. The summed E-state index contributed by atoms with van der Waals surface area (Å²) in [5, 5.41) is 22.3. The summed E-state index contributed by atoms with van der Waals surface area (Å²) < 4.78 is 3.40. The fourth-order valence-electron chi connectivity index (χ4n) is 1.73. The van der Waals surface area contributed by atoms with Crippen molar-refractivity contribution < 1.29 is 5.11 Å². The molecule has 2 rings (SSSR count). The van der Waals surface area contributed by atoms with E-state index in [1.165, 1.54) is 0 Å². The number of halogens is 1. The van der Waals surface area contributed by atoms with Crippen molar-refractivity contribution in [2.75, 3.05) is 0 Å². The molecule has 0 saturated carbocycles. The van der Waals surface area contributed by atoms with Crippen LogP contribution in [0, 0.1) is 0 Å². The fraction of sp³-hybridized carbons (Fsp3) is 0.545. The van der Waals surface area contributed by atoms with Gasteiger partial charge in [0.2, 0.25) is 0 Å². The van der Waals surface area contributed by atoms with Crippen LogP contribution >= 0.6 is 11.6 Å². The van der Waals surface area contributed by atoms with Crippen molar-refractivity contribution >= 4 is 11.6 Å². The van der Waals surface area contributed by atoms with Crippen molar-refractivity contribution in [1.82, 2.24) is 24.8 Å². The first-order valence-corrected chi connectivity index (χ1v) is 6.19. The van der Waals surface area contributed by atoms with Crippen LogP contribution < -0.4 is 0 Å². The van der Waals surface area contributed by atoms with E-state index in [0.717, 1.165) is 17.8 Å². The van der Waals surface area contributed by atoms with Crippen LogP contribution in [0.5, 0.6) is 0 Å². The number of nitrogens with zero attached hydrogens (tertiary/aromatic N) is 5. The molecule has 0 aliphatic carbocycles. The van der Waals surface area contributed by atoms with Gasteiger partial charge in [-0.3, -0.25) is 4.68 Å². The highest BCUT2D eigenvalue weighted by Gasteiger charge is 2.14. The van der Waals surface area contributed by atoms with Crippen LogP contribution in [-0.2, 0) is 20.0 Å². The Morgan fingerprint density at radius 1 is 1.50 bits per heavy atom. The van der Waals surface area contributed by atoms with E-state index < -0.39 is 6.10 Å². The van der Waals surface area contributed by atoms with Gasteiger partial charge in [-0.05, 0) is 13.3 Å². The average molecular weight is 270 g/mol. The van der Waals surface area contributed by atoms with Crippen LogP contribution in [0.2, 0.25) is 5.02 Å². The Kier molecular flexibility index (Phi) is 3.68. The quantitative estimate of drug-likeness (QED) is 0.909. The van der Waals surface area contributed by atoms with Gasteiger partial charge in [0, 0.05) is 7.05 Å². The third-order valence-electron chi connectivity index (χ3n) is 2.80. The summed E-state index contributed by atoms with van der Waals surface area (Å²) in [6.07, 6.45) is 1.88. The second kappa shape index (κ2) is 5.07.